The Bertz CT molecular complexity index is 853. The summed E-state index contributed by atoms with van der Waals surface area (Å²) in [7, 11) is 0. The monoisotopic (exact) mass is 395 g/mol. The lowest BCUT2D eigenvalue weighted by atomic mass is 10.2. The number of carbonyl (C=O) groups is 2. The van der Waals surface area contributed by atoms with Crippen LogP contribution in [0.1, 0.15) is 25.3 Å². The Hall–Kier alpha value is -3.02. The van der Waals surface area contributed by atoms with Gasteiger partial charge < -0.3 is 19.9 Å². The second-order valence-corrected chi connectivity index (χ2v) is 7.13. The van der Waals surface area contributed by atoms with E-state index in [9.17, 15) is 9.59 Å². The van der Waals surface area contributed by atoms with Crippen LogP contribution in [0.15, 0.2) is 48.5 Å². The molecule has 1 aliphatic rings. The van der Waals surface area contributed by atoms with Crippen LogP contribution in [0.5, 0.6) is 5.75 Å². The van der Waals surface area contributed by atoms with Crippen LogP contribution >= 0.6 is 0 Å². The summed E-state index contributed by atoms with van der Waals surface area (Å²) in [6, 6.07) is 15.8. The molecule has 0 aromatic heterocycles. The number of rotatable bonds is 8. The third-order valence-corrected chi connectivity index (χ3v) is 5.05. The van der Waals surface area contributed by atoms with E-state index in [1.165, 1.54) is 5.56 Å². The first-order valence-corrected chi connectivity index (χ1v) is 10.2. The molecule has 1 heterocycles. The van der Waals surface area contributed by atoms with Gasteiger partial charge in [0.1, 0.15) is 12.4 Å². The number of hydrogen-bond donors (Lipinski definition) is 1. The first kappa shape index (κ1) is 20.7. The van der Waals surface area contributed by atoms with Crippen molar-refractivity contribution in [2.24, 2.45) is 0 Å². The Kier molecular flexibility index (Phi) is 7.11. The highest BCUT2D eigenvalue weighted by atomic mass is 16.5. The first-order chi connectivity index (χ1) is 14.1. The van der Waals surface area contributed by atoms with Gasteiger partial charge in [0.15, 0.2) is 0 Å². The topological polar surface area (TPSA) is 61.9 Å². The number of nitrogens with zero attached hydrogens (tertiary/aromatic N) is 2. The molecule has 2 aromatic rings. The Morgan fingerprint density at radius 2 is 1.97 bits per heavy atom. The third kappa shape index (κ3) is 5.50. The minimum Gasteiger partial charge on any atom is -0.490 e. The third-order valence-electron chi connectivity index (χ3n) is 5.05. The molecule has 1 N–H and O–H groups in total. The Morgan fingerprint density at radius 3 is 2.76 bits per heavy atom. The maximum Gasteiger partial charge on any atom is 0.227 e. The molecule has 0 spiro atoms. The Morgan fingerprint density at radius 1 is 1.14 bits per heavy atom. The van der Waals surface area contributed by atoms with Crippen LogP contribution in [0.25, 0.3) is 0 Å². The van der Waals surface area contributed by atoms with E-state index in [4.69, 9.17) is 4.74 Å². The number of hydrogen-bond acceptors (Lipinski definition) is 4. The highest BCUT2D eigenvalue weighted by molar-refractivity contribution is 5.97. The molecule has 6 nitrogen and oxygen atoms in total. The van der Waals surface area contributed by atoms with E-state index >= 15 is 0 Å². The lowest BCUT2D eigenvalue weighted by Gasteiger charge is -2.29. The summed E-state index contributed by atoms with van der Waals surface area (Å²) >= 11 is 0. The van der Waals surface area contributed by atoms with E-state index in [-0.39, 0.29) is 24.7 Å². The summed E-state index contributed by atoms with van der Waals surface area (Å²) in [5.41, 5.74) is 3.15. The molecule has 29 heavy (non-hydrogen) atoms. The fraction of sp³-hybridized carbons (Fsp3) is 0.391. The van der Waals surface area contributed by atoms with E-state index < -0.39 is 0 Å². The van der Waals surface area contributed by atoms with E-state index in [0.717, 1.165) is 24.5 Å². The molecule has 0 saturated carbocycles. The van der Waals surface area contributed by atoms with Gasteiger partial charge in [-0.25, -0.2) is 0 Å². The van der Waals surface area contributed by atoms with Crippen molar-refractivity contribution in [3.8, 4) is 5.75 Å². The molecular formula is C23H29N3O3. The SMILES string of the molecule is CCN(CCNC(=O)CCC(=O)N1CCOc2ccccc21)c1cccc(C)c1. The molecule has 2 aromatic carbocycles. The number of anilines is 2. The van der Waals surface area contributed by atoms with Gasteiger partial charge in [-0.1, -0.05) is 24.3 Å². The highest BCUT2D eigenvalue weighted by Gasteiger charge is 2.23. The van der Waals surface area contributed by atoms with Gasteiger partial charge in [-0.15, -0.1) is 0 Å². The summed E-state index contributed by atoms with van der Waals surface area (Å²) in [4.78, 5) is 28.7. The van der Waals surface area contributed by atoms with E-state index in [2.05, 4.69) is 42.3 Å². The zero-order valence-corrected chi connectivity index (χ0v) is 17.2. The average molecular weight is 396 g/mol. The second-order valence-electron chi connectivity index (χ2n) is 7.13. The number of likely N-dealkylation sites (N-methyl/N-ethyl adjacent to an activating group) is 1. The summed E-state index contributed by atoms with van der Waals surface area (Å²) in [5.74, 6) is 0.568. The molecule has 2 amide bonds. The maximum atomic E-state index is 12.6. The van der Waals surface area contributed by atoms with E-state index in [0.29, 0.717) is 25.4 Å². The number of para-hydroxylation sites is 2. The molecule has 0 aliphatic carbocycles. The molecule has 6 heteroatoms. The average Bonchev–Trinajstić information content (AvgIpc) is 2.74. The van der Waals surface area contributed by atoms with Crippen molar-refractivity contribution in [3.63, 3.8) is 0 Å². The van der Waals surface area contributed by atoms with Crippen LogP contribution in [-0.2, 0) is 9.59 Å². The van der Waals surface area contributed by atoms with Gasteiger partial charge in [-0.2, -0.15) is 0 Å². The Labute approximate surface area is 172 Å². The summed E-state index contributed by atoms with van der Waals surface area (Å²) in [6.07, 6.45) is 0.379. The predicted octanol–water partition coefficient (Wildman–Crippen LogP) is 3.14. The van der Waals surface area contributed by atoms with Crippen molar-refractivity contribution in [1.82, 2.24) is 5.32 Å². The fourth-order valence-corrected chi connectivity index (χ4v) is 3.50. The van der Waals surface area contributed by atoms with Gasteiger partial charge in [0.25, 0.3) is 0 Å². The lowest BCUT2D eigenvalue weighted by molar-refractivity contribution is -0.125. The zero-order chi connectivity index (χ0) is 20.6. The van der Waals surface area contributed by atoms with E-state index in [1.807, 2.05) is 30.3 Å². The summed E-state index contributed by atoms with van der Waals surface area (Å²) < 4.78 is 5.58. The van der Waals surface area contributed by atoms with Crippen molar-refractivity contribution in [1.29, 1.82) is 0 Å². The molecule has 0 atom stereocenters. The minimum atomic E-state index is -0.0970. The first-order valence-electron chi connectivity index (χ1n) is 10.2. The summed E-state index contributed by atoms with van der Waals surface area (Å²) in [6.45, 7) is 7.31. The molecule has 0 bridgehead atoms. The van der Waals surface area contributed by atoms with E-state index in [1.54, 1.807) is 4.90 Å². The van der Waals surface area contributed by atoms with Crippen molar-refractivity contribution in [3.05, 3.63) is 54.1 Å². The number of ether oxygens (including phenoxy) is 1. The van der Waals surface area contributed by atoms with Crippen molar-refractivity contribution >= 4 is 23.2 Å². The molecule has 0 saturated heterocycles. The largest absolute Gasteiger partial charge is 0.490 e. The van der Waals surface area contributed by atoms with Crippen LogP contribution in [0.2, 0.25) is 0 Å². The van der Waals surface area contributed by atoms with Crippen molar-refractivity contribution in [2.75, 3.05) is 42.6 Å². The number of fused-ring (bicyclic) bond motifs is 1. The van der Waals surface area contributed by atoms with Crippen LogP contribution in [0.4, 0.5) is 11.4 Å². The predicted molar refractivity (Wildman–Crippen MR) is 116 cm³/mol. The van der Waals surface area contributed by atoms with Crippen LogP contribution in [0, 0.1) is 6.92 Å². The molecule has 0 unspecified atom stereocenters. The highest BCUT2D eigenvalue weighted by Crippen LogP contribution is 2.31. The molecule has 154 valence electrons. The quantitative estimate of drug-likeness (QED) is 0.746. The molecular weight excluding hydrogens is 366 g/mol. The van der Waals surface area contributed by atoms with Crippen molar-refractivity contribution < 1.29 is 14.3 Å². The molecule has 0 fully saturated rings. The maximum absolute atomic E-state index is 12.6. The Balaban J connectivity index is 1.44. The zero-order valence-electron chi connectivity index (χ0n) is 17.2. The standard InChI is InChI=1S/C23H29N3O3/c1-3-25(19-8-6-7-18(2)17-19)14-13-24-22(27)11-12-23(28)26-15-16-29-21-10-5-4-9-20(21)26/h4-10,17H,3,11-16H2,1-2H3,(H,24,27). The normalized spacial score (nSPS) is 12.7. The minimum absolute atomic E-state index is 0.0501. The number of carbonyl (C=O) groups excluding carboxylic acids is 2. The van der Waals surface area contributed by atoms with Gasteiger partial charge in [-0.3, -0.25) is 9.59 Å². The smallest absolute Gasteiger partial charge is 0.227 e. The molecule has 0 radical (unpaired) electrons. The number of nitrogens with one attached hydrogen (secondary N) is 1. The van der Waals surface area contributed by atoms with Crippen LogP contribution in [0.3, 0.4) is 0 Å². The van der Waals surface area contributed by atoms with Crippen molar-refractivity contribution in [2.45, 2.75) is 26.7 Å². The van der Waals surface area contributed by atoms with Gasteiger partial charge >= 0.3 is 0 Å². The number of amides is 2. The number of benzene rings is 2. The van der Waals surface area contributed by atoms with Gasteiger partial charge in [0, 0.05) is 38.2 Å². The van der Waals surface area contributed by atoms with Gasteiger partial charge in [0.05, 0.1) is 12.2 Å². The lowest BCUT2D eigenvalue weighted by Crippen LogP contribution is -2.39. The molecule has 3 rings (SSSR count). The second kappa shape index (κ2) is 9.96. The van der Waals surface area contributed by atoms with Crippen LogP contribution < -0.4 is 19.9 Å². The fourth-order valence-electron chi connectivity index (χ4n) is 3.50. The number of aryl methyl sites for hydroxylation is 1. The van der Waals surface area contributed by atoms with Crippen LogP contribution in [-0.4, -0.2) is 44.6 Å². The van der Waals surface area contributed by atoms with Gasteiger partial charge in [0.2, 0.25) is 11.8 Å². The van der Waals surface area contributed by atoms with Gasteiger partial charge in [-0.05, 0) is 43.7 Å². The summed E-state index contributed by atoms with van der Waals surface area (Å²) in [5, 5.41) is 2.93. The molecule has 1 aliphatic heterocycles.